The second-order valence-electron chi connectivity index (χ2n) is 5.81. The highest BCUT2D eigenvalue weighted by Crippen LogP contribution is 2.39. The molecule has 1 aromatic carbocycles. The molecule has 2 amide bonds. The number of fused-ring (bicyclic) bond motifs is 1. The van der Waals surface area contributed by atoms with Gasteiger partial charge in [-0.15, -0.1) is 0 Å². The van der Waals surface area contributed by atoms with E-state index in [4.69, 9.17) is 5.11 Å². The van der Waals surface area contributed by atoms with Crippen molar-refractivity contribution in [1.29, 1.82) is 0 Å². The summed E-state index contributed by atoms with van der Waals surface area (Å²) in [5.74, 6) is -5.16. The molecule has 1 aromatic rings. The number of amides is 2. The van der Waals surface area contributed by atoms with Gasteiger partial charge in [0.15, 0.2) is 0 Å². The van der Waals surface area contributed by atoms with Crippen LogP contribution in [0.4, 0.5) is 23.7 Å². The van der Waals surface area contributed by atoms with Gasteiger partial charge in [0.25, 0.3) is 0 Å². The number of carbonyl (C=O) groups is 2. The molecule has 1 fully saturated rings. The summed E-state index contributed by atoms with van der Waals surface area (Å²) in [5, 5.41) is 9.02. The van der Waals surface area contributed by atoms with Gasteiger partial charge in [-0.25, -0.2) is 4.79 Å². The Labute approximate surface area is 130 Å². The smallest absolute Gasteiger partial charge is 0.394 e. The SMILES string of the molecule is O=C(O)[C@@H]1CN(C(=O)N2CCc3ccccc32)C[C@H]1C(F)(F)F. The van der Waals surface area contributed by atoms with E-state index in [1.54, 1.807) is 12.1 Å². The van der Waals surface area contributed by atoms with Crippen LogP contribution in [0.5, 0.6) is 0 Å². The molecule has 0 bridgehead atoms. The van der Waals surface area contributed by atoms with Gasteiger partial charge in [0.2, 0.25) is 0 Å². The van der Waals surface area contributed by atoms with Crippen LogP contribution in [0.2, 0.25) is 0 Å². The molecular weight excluding hydrogens is 313 g/mol. The topological polar surface area (TPSA) is 60.9 Å². The molecule has 2 aliphatic rings. The number of urea groups is 1. The quantitative estimate of drug-likeness (QED) is 0.861. The van der Waals surface area contributed by atoms with Crippen LogP contribution in [0.15, 0.2) is 24.3 Å². The lowest BCUT2D eigenvalue weighted by molar-refractivity contribution is -0.187. The number of hydrogen-bond acceptors (Lipinski definition) is 2. The fourth-order valence-corrected chi connectivity index (χ4v) is 3.25. The first-order valence-corrected chi connectivity index (χ1v) is 7.23. The minimum absolute atomic E-state index is 0.392. The van der Waals surface area contributed by atoms with Gasteiger partial charge < -0.3 is 10.0 Å². The average molecular weight is 328 g/mol. The van der Waals surface area contributed by atoms with Gasteiger partial charge in [0, 0.05) is 25.3 Å². The molecule has 0 aliphatic carbocycles. The number of halogens is 3. The first-order chi connectivity index (χ1) is 10.8. The van der Waals surface area contributed by atoms with Crippen LogP contribution in [0.25, 0.3) is 0 Å². The zero-order valence-corrected chi connectivity index (χ0v) is 12.1. The van der Waals surface area contributed by atoms with Crippen molar-refractivity contribution in [3.63, 3.8) is 0 Å². The summed E-state index contributed by atoms with van der Waals surface area (Å²) >= 11 is 0. The molecule has 2 aliphatic heterocycles. The molecule has 23 heavy (non-hydrogen) atoms. The van der Waals surface area contributed by atoms with Crippen molar-refractivity contribution in [2.75, 3.05) is 24.5 Å². The van der Waals surface area contributed by atoms with Crippen LogP contribution in [-0.4, -0.2) is 47.8 Å². The molecule has 0 saturated carbocycles. The van der Waals surface area contributed by atoms with E-state index in [1.165, 1.54) is 4.90 Å². The Bertz CT molecular complexity index is 647. The molecule has 0 spiro atoms. The molecule has 0 aromatic heterocycles. The van der Waals surface area contributed by atoms with Crippen molar-refractivity contribution < 1.29 is 27.9 Å². The summed E-state index contributed by atoms with van der Waals surface area (Å²) in [6, 6.07) is 6.64. The molecule has 0 radical (unpaired) electrons. The first-order valence-electron chi connectivity index (χ1n) is 7.23. The monoisotopic (exact) mass is 328 g/mol. The number of aliphatic carboxylic acids is 1. The number of nitrogens with zero attached hydrogens (tertiary/aromatic N) is 2. The first kappa shape index (κ1) is 15.6. The number of carbonyl (C=O) groups excluding carboxylic acids is 1. The van der Waals surface area contributed by atoms with Crippen molar-refractivity contribution >= 4 is 17.7 Å². The zero-order chi connectivity index (χ0) is 16.8. The second-order valence-corrected chi connectivity index (χ2v) is 5.81. The molecule has 1 N–H and O–H groups in total. The van der Waals surface area contributed by atoms with Crippen LogP contribution < -0.4 is 4.90 Å². The second kappa shape index (κ2) is 5.43. The van der Waals surface area contributed by atoms with Gasteiger partial charge >= 0.3 is 18.2 Å². The Hall–Kier alpha value is -2.25. The Kier molecular flexibility index (Phi) is 3.69. The highest BCUT2D eigenvalue weighted by molar-refractivity contribution is 5.94. The highest BCUT2D eigenvalue weighted by Gasteiger charge is 2.54. The van der Waals surface area contributed by atoms with E-state index in [0.717, 1.165) is 10.5 Å². The Morgan fingerprint density at radius 2 is 1.87 bits per heavy atom. The number of para-hydroxylation sites is 1. The van der Waals surface area contributed by atoms with E-state index in [-0.39, 0.29) is 0 Å². The van der Waals surface area contributed by atoms with E-state index in [0.29, 0.717) is 18.7 Å². The minimum atomic E-state index is -4.64. The third kappa shape index (κ3) is 2.73. The maximum absolute atomic E-state index is 13.0. The van der Waals surface area contributed by atoms with E-state index in [9.17, 15) is 22.8 Å². The third-order valence-electron chi connectivity index (χ3n) is 4.45. The van der Waals surface area contributed by atoms with E-state index in [1.807, 2.05) is 12.1 Å². The zero-order valence-electron chi connectivity index (χ0n) is 12.1. The summed E-state index contributed by atoms with van der Waals surface area (Å²) in [6.45, 7) is -0.641. The number of likely N-dealkylation sites (tertiary alicyclic amines) is 1. The number of benzene rings is 1. The normalized spacial score (nSPS) is 24.0. The minimum Gasteiger partial charge on any atom is -0.481 e. The van der Waals surface area contributed by atoms with Gasteiger partial charge in [-0.05, 0) is 18.1 Å². The van der Waals surface area contributed by atoms with Gasteiger partial charge in [0.1, 0.15) is 0 Å². The highest BCUT2D eigenvalue weighted by atomic mass is 19.4. The molecule has 0 unspecified atom stereocenters. The van der Waals surface area contributed by atoms with Crippen molar-refractivity contribution in [2.24, 2.45) is 11.8 Å². The predicted octanol–water partition coefficient (Wildman–Crippen LogP) is 2.36. The number of carboxylic acid groups (broad SMARTS) is 1. The molecule has 3 rings (SSSR count). The van der Waals surface area contributed by atoms with Crippen LogP contribution >= 0.6 is 0 Å². The van der Waals surface area contributed by atoms with Crippen molar-refractivity contribution in [2.45, 2.75) is 12.6 Å². The number of hydrogen-bond donors (Lipinski definition) is 1. The number of rotatable bonds is 1. The fraction of sp³-hybridized carbons (Fsp3) is 0.467. The number of anilines is 1. The Morgan fingerprint density at radius 3 is 2.48 bits per heavy atom. The molecular formula is C15H15F3N2O3. The molecule has 124 valence electrons. The van der Waals surface area contributed by atoms with Crippen LogP contribution in [-0.2, 0) is 11.2 Å². The van der Waals surface area contributed by atoms with E-state index >= 15 is 0 Å². The third-order valence-corrected chi connectivity index (χ3v) is 4.45. The Balaban J connectivity index is 1.81. The maximum Gasteiger partial charge on any atom is 0.394 e. The van der Waals surface area contributed by atoms with Gasteiger partial charge in [-0.3, -0.25) is 9.69 Å². The van der Waals surface area contributed by atoms with Crippen LogP contribution in [0.3, 0.4) is 0 Å². The summed E-state index contributed by atoms with van der Waals surface area (Å²) < 4.78 is 39.0. The van der Waals surface area contributed by atoms with Crippen molar-refractivity contribution in [1.82, 2.24) is 4.90 Å². The van der Waals surface area contributed by atoms with Crippen LogP contribution in [0, 0.1) is 11.8 Å². The largest absolute Gasteiger partial charge is 0.481 e. The number of carboxylic acids is 1. The molecule has 2 atom stereocenters. The Morgan fingerprint density at radius 1 is 1.17 bits per heavy atom. The van der Waals surface area contributed by atoms with Crippen molar-refractivity contribution in [3.8, 4) is 0 Å². The average Bonchev–Trinajstić information content (AvgIpc) is 3.10. The lowest BCUT2D eigenvalue weighted by Crippen LogP contribution is -2.42. The van der Waals surface area contributed by atoms with Crippen LogP contribution in [0.1, 0.15) is 5.56 Å². The molecule has 8 heteroatoms. The summed E-state index contributed by atoms with van der Waals surface area (Å²) in [4.78, 5) is 26.1. The standard InChI is InChI=1S/C15H15F3N2O3/c16-15(17,18)11-8-19(7-10(11)13(21)22)14(23)20-6-5-9-3-1-2-4-12(9)20/h1-4,10-11H,5-8H2,(H,21,22)/t10-,11-/m1/s1. The summed E-state index contributed by atoms with van der Waals surface area (Å²) in [5.41, 5.74) is 1.64. The predicted molar refractivity (Wildman–Crippen MR) is 75.1 cm³/mol. The van der Waals surface area contributed by atoms with Gasteiger partial charge in [-0.1, -0.05) is 18.2 Å². The fourth-order valence-electron chi connectivity index (χ4n) is 3.25. The lowest BCUT2D eigenvalue weighted by Gasteiger charge is -2.25. The van der Waals surface area contributed by atoms with Crippen molar-refractivity contribution in [3.05, 3.63) is 29.8 Å². The maximum atomic E-state index is 13.0. The molecule has 5 nitrogen and oxygen atoms in total. The summed E-state index contributed by atoms with van der Waals surface area (Å²) in [7, 11) is 0. The molecule has 1 saturated heterocycles. The molecule has 2 heterocycles. The van der Waals surface area contributed by atoms with Gasteiger partial charge in [-0.2, -0.15) is 13.2 Å². The van der Waals surface area contributed by atoms with E-state index in [2.05, 4.69) is 0 Å². The lowest BCUT2D eigenvalue weighted by atomic mass is 9.96. The van der Waals surface area contributed by atoms with E-state index < -0.39 is 43.1 Å². The number of alkyl halides is 3. The summed E-state index contributed by atoms with van der Waals surface area (Å²) in [6.07, 6.45) is -4.00. The van der Waals surface area contributed by atoms with Gasteiger partial charge in [0.05, 0.1) is 11.8 Å².